The van der Waals surface area contributed by atoms with Gasteiger partial charge in [0.05, 0.1) is 15.9 Å². The van der Waals surface area contributed by atoms with Crippen molar-refractivity contribution >= 4 is 15.9 Å². The molecule has 18 heavy (non-hydrogen) atoms. The standard InChI is InChI=1S/C13H23BrN4/c1-4-18-12(13(14)10(3)16-18)8-17-6-5-11(15)7-9(17)2/h9,11H,4-8,15H2,1-3H3. The first-order chi connectivity index (χ1) is 8.52. The molecule has 4 nitrogen and oxygen atoms in total. The van der Waals surface area contributed by atoms with Crippen LogP contribution in [0.25, 0.3) is 0 Å². The monoisotopic (exact) mass is 314 g/mol. The largest absolute Gasteiger partial charge is 0.328 e. The zero-order valence-corrected chi connectivity index (χ0v) is 13.1. The van der Waals surface area contributed by atoms with Crippen molar-refractivity contribution < 1.29 is 0 Å². The summed E-state index contributed by atoms with van der Waals surface area (Å²) in [4.78, 5) is 2.51. The van der Waals surface area contributed by atoms with Gasteiger partial charge in [-0.1, -0.05) is 0 Å². The number of piperidine rings is 1. The lowest BCUT2D eigenvalue weighted by molar-refractivity contribution is 0.136. The molecule has 0 amide bonds. The highest BCUT2D eigenvalue weighted by atomic mass is 79.9. The summed E-state index contributed by atoms with van der Waals surface area (Å²) in [5.41, 5.74) is 8.38. The van der Waals surface area contributed by atoms with Gasteiger partial charge < -0.3 is 5.73 Å². The predicted octanol–water partition coefficient (Wildman–Crippen LogP) is 2.29. The Bertz CT molecular complexity index is 415. The number of nitrogens with two attached hydrogens (primary N) is 1. The molecule has 102 valence electrons. The Morgan fingerprint density at radius 2 is 2.22 bits per heavy atom. The number of aryl methyl sites for hydroxylation is 2. The first-order valence-corrected chi connectivity index (χ1v) is 7.53. The highest BCUT2D eigenvalue weighted by Gasteiger charge is 2.25. The van der Waals surface area contributed by atoms with E-state index in [9.17, 15) is 0 Å². The molecule has 0 saturated carbocycles. The van der Waals surface area contributed by atoms with Gasteiger partial charge >= 0.3 is 0 Å². The minimum absolute atomic E-state index is 0.373. The highest BCUT2D eigenvalue weighted by molar-refractivity contribution is 9.10. The van der Waals surface area contributed by atoms with Gasteiger partial charge in [0.1, 0.15) is 0 Å². The van der Waals surface area contributed by atoms with E-state index in [0.29, 0.717) is 12.1 Å². The van der Waals surface area contributed by atoms with Crippen LogP contribution >= 0.6 is 15.9 Å². The summed E-state index contributed by atoms with van der Waals surface area (Å²) in [6, 6.07) is 0.929. The third-order valence-corrected chi connectivity index (χ3v) is 4.89. The first kappa shape index (κ1) is 14.0. The van der Waals surface area contributed by atoms with E-state index in [-0.39, 0.29) is 0 Å². The molecule has 0 aromatic carbocycles. The SMILES string of the molecule is CCn1nc(C)c(Br)c1CN1CCC(N)CC1C. The van der Waals surface area contributed by atoms with Crippen molar-refractivity contribution in [1.29, 1.82) is 0 Å². The molecule has 0 bridgehead atoms. The molecule has 1 aromatic heterocycles. The van der Waals surface area contributed by atoms with Crippen LogP contribution in [0.2, 0.25) is 0 Å². The Labute approximate surface area is 118 Å². The summed E-state index contributed by atoms with van der Waals surface area (Å²) in [5.74, 6) is 0. The van der Waals surface area contributed by atoms with Gasteiger partial charge in [0, 0.05) is 31.7 Å². The van der Waals surface area contributed by atoms with Gasteiger partial charge in [-0.3, -0.25) is 9.58 Å². The van der Waals surface area contributed by atoms with E-state index in [1.54, 1.807) is 0 Å². The number of halogens is 1. The maximum atomic E-state index is 6.02. The number of nitrogens with zero attached hydrogens (tertiary/aromatic N) is 3. The lowest BCUT2D eigenvalue weighted by atomic mass is 9.99. The Morgan fingerprint density at radius 3 is 2.83 bits per heavy atom. The summed E-state index contributed by atoms with van der Waals surface area (Å²) in [7, 11) is 0. The van der Waals surface area contributed by atoms with Gasteiger partial charge in [-0.05, 0) is 49.5 Å². The molecule has 1 saturated heterocycles. The second-order valence-corrected chi connectivity index (χ2v) is 6.06. The van der Waals surface area contributed by atoms with Crippen LogP contribution in [0, 0.1) is 6.92 Å². The molecule has 0 aliphatic carbocycles. The van der Waals surface area contributed by atoms with Crippen LogP contribution in [0.3, 0.4) is 0 Å². The quantitative estimate of drug-likeness (QED) is 0.931. The average molecular weight is 315 g/mol. The normalized spacial score (nSPS) is 25.6. The Morgan fingerprint density at radius 1 is 1.50 bits per heavy atom. The topological polar surface area (TPSA) is 47.1 Å². The zero-order valence-electron chi connectivity index (χ0n) is 11.5. The zero-order chi connectivity index (χ0) is 13.3. The molecule has 1 fully saturated rings. The number of likely N-dealkylation sites (tertiary alicyclic amines) is 1. The van der Waals surface area contributed by atoms with E-state index in [1.807, 2.05) is 0 Å². The molecule has 1 aliphatic heterocycles. The molecule has 0 spiro atoms. The van der Waals surface area contributed by atoms with E-state index in [4.69, 9.17) is 5.73 Å². The van der Waals surface area contributed by atoms with Gasteiger partial charge in [0.2, 0.25) is 0 Å². The van der Waals surface area contributed by atoms with Crippen molar-refractivity contribution in [3.05, 3.63) is 15.9 Å². The molecule has 2 N–H and O–H groups in total. The molecule has 2 rings (SSSR count). The maximum Gasteiger partial charge on any atom is 0.0739 e. The van der Waals surface area contributed by atoms with E-state index in [2.05, 4.69) is 51.4 Å². The van der Waals surface area contributed by atoms with Gasteiger partial charge in [-0.15, -0.1) is 0 Å². The van der Waals surface area contributed by atoms with Crippen molar-refractivity contribution in [2.24, 2.45) is 5.73 Å². The Balaban J connectivity index is 2.14. The van der Waals surface area contributed by atoms with Crippen LogP contribution in [-0.4, -0.2) is 33.3 Å². The van der Waals surface area contributed by atoms with Crippen molar-refractivity contribution in [3.63, 3.8) is 0 Å². The number of hydrogen-bond acceptors (Lipinski definition) is 3. The number of rotatable bonds is 3. The molecule has 1 aromatic rings. The van der Waals surface area contributed by atoms with Gasteiger partial charge in [-0.25, -0.2) is 0 Å². The van der Waals surface area contributed by atoms with E-state index in [1.165, 1.54) is 5.69 Å². The van der Waals surface area contributed by atoms with Crippen molar-refractivity contribution in [1.82, 2.24) is 14.7 Å². The predicted molar refractivity (Wildman–Crippen MR) is 77.4 cm³/mol. The molecule has 2 unspecified atom stereocenters. The third-order valence-electron chi connectivity index (χ3n) is 3.86. The summed E-state index contributed by atoms with van der Waals surface area (Å²) in [5, 5.41) is 4.55. The molecule has 1 aliphatic rings. The highest BCUT2D eigenvalue weighted by Crippen LogP contribution is 2.25. The van der Waals surface area contributed by atoms with Gasteiger partial charge in [0.15, 0.2) is 0 Å². The molecular weight excluding hydrogens is 292 g/mol. The summed E-state index contributed by atoms with van der Waals surface area (Å²) in [6.07, 6.45) is 2.19. The van der Waals surface area contributed by atoms with Crippen molar-refractivity contribution in [2.45, 2.75) is 58.8 Å². The van der Waals surface area contributed by atoms with E-state index >= 15 is 0 Å². The molecule has 0 radical (unpaired) electrons. The van der Waals surface area contributed by atoms with Crippen molar-refractivity contribution in [2.75, 3.05) is 6.54 Å². The average Bonchev–Trinajstić information content (AvgIpc) is 2.60. The number of aromatic nitrogens is 2. The van der Waals surface area contributed by atoms with Crippen LogP contribution in [0.4, 0.5) is 0 Å². The lowest BCUT2D eigenvalue weighted by Crippen LogP contribution is -2.45. The van der Waals surface area contributed by atoms with E-state index in [0.717, 1.165) is 42.6 Å². The van der Waals surface area contributed by atoms with Crippen LogP contribution in [0.15, 0.2) is 4.47 Å². The molecular formula is C13H23BrN4. The first-order valence-electron chi connectivity index (χ1n) is 6.74. The van der Waals surface area contributed by atoms with Crippen LogP contribution in [0.5, 0.6) is 0 Å². The lowest BCUT2D eigenvalue weighted by Gasteiger charge is -2.36. The second-order valence-electron chi connectivity index (χ2n) is 5.27. The summed E-state index contributed by atoms with van der Waals surface area (Å²) in [6.45, 7) is 9.43. The number of hydrogen-bond donors (Lipinski definition) is 1. The third kappa shape index (κ3) is 2.78. The minimum Gasteiger partial charge on any atom is -0.328 e. The smallest absolute Gasteiger partial charge is 0.0739 e. The molecule has 2 heterocycles. The maximum absolute atomic E-state index is 6.02. The van der Waals surface area contributed by atoms with Crippen LogP contribution < -0.4 is 5.73 Å². The second kappa shape index (κ2) is 5.72. The Hall–Kier alpha value is -0.390. The van der Waals surface area contributed by atoms with Crippen LogP contribution in [0.1, 0.15) is 38.1 Å². The van der Waals surface area contributed by atoms with Crippen LogP contribution in [-0.2, 0) is 13.1 Å². The van der Waals surface area contributed by atoms with E-state index < -0.39 is 0 Å². The molecule has 2 atom stereocenters. The fraction of sp³-hybridized carbons (Fsp3) is 0.769. The van der Waals surface area contributed by atoms with Crippen molar-refractivity contribution in [3.8, 4) is 0 Å². The van der Waals surface area contributed by atoms with Gasteiger partial charge in [-0.2, -0.15) is 5.10 Å². The molecule has 5 heteroatoms. The fourth-order valence-corrected chi connectivity index (χ4v) is 3.11. The summed E-state index contributed by atoms with van der Waals surface area (Å²) >= 11 is 3.67. The Kier molecular flexibility index (Phi) is 4.45. The summed E-state index contributed by atoms with van der Waals surface area (Å²) < 4.78 is 3.26. The van der Waals surface area contributed by atoms with Gasteiger partial charge in [0.25, 0.3) is 0 Å². The fourth-order valence-electron chi connectivity index (χ4n) is 2.70. The minimum atomic E-state index is 0.373.